The molecule has 0 saturated heterocycles. The molecule has 0 spiro atoms. The van der Waals surface area contributed by atoms with Crippen LogP contribution in [0.2, 0.25) is 0 Å². The topological polar surface area (TPSA) is 75.5 Å². The van der Waals surface area contributed by atoms with E-state index in [1.165, 1.54) is 26.1 Å². The van der Waals surface area contributed by atoms with Crippen LogP contribution < -0.4 is 5.56 Å². The third-order valence-electron chi connectivity index (χ3n) is 5.14. The van der Waals surface area contributed by atoms with E-state index in [9.17, 15) is 14.4 Å². The number of amides is 2. The number of rotatable bonds is 7. The van der Waals surface area contributed by atoms with E-state index in [0.29, 0.717) is 18.2 Å². The van der Waals surface area contributed by atoms with Gasteiger partial charge in [-0.1, -0.05) is 11.8 Å². The third-order valence-corrected chi connectivity index (χ3v) is 7.34. The zero-order chi connectivity index (χ0) is 20.4. The van der Waals surface area contributed by atoms with Gasteiger partial charge in [0.05, 0.1) is 17.7 Å². The Morgan fingerprint density at radius 1 is 1.21 bits per heavy atom. The fourth-order valence-electron chi connectivity index (χ4n) is 3.44. The molecule has 0 aliphatic heterocycles. The highest BCUT2D eigenvalue weighted by atomic mass is 32.2. The molecule has 9 heteroatoms. The van der Waals surface area contributed by atoms with Gasteiger partial charge >= 0.3 is 0 Å². The number of hydrogen-bond donors (Lipinski definition) is 0. The molecular weight excluding hydrogens is 396 g/mol. The second kappa shape index (κ2) is 8.65. The monoisotopic (exact) mass is 422 g/mol. The van der Waals surface area contributed by atoms with E-state index in [-0.39, 0.29) is 29.7 Å². The number of aromatic nitrogens is 2. The first-order valence-corrected chi connectivity index (χ1v) is 11.3. The van der Waals surface area contributed by atoms with Crippen LogP contribution in [-0.2, 0) is 29.5 Å². The van der Waals surface area contributed by atoms with Crippen LogP contribution in [0.5, 0.6) is 0 Å². The normalized spacial score (nSPS) is 13.0. The van der Waals surface area contributed by atoms with Crippen molar-refractivity contribution in [3.63, 3.8) is 0 Å². The van der Waals surface area contributed by atoms with E-state index >= 15 is 0 Å². The van der Waals surface area contributed by atoms with Gasteiger partial charge in [0, 0.05) is 32.1 Å². The molecule has 3 rings (SSSR count). The van der Waals surface area contributed by atoms with E-state index in [1.807, 2.05) is 13.8 Å². The lowest BCUT2D eigenvalue weighted by atomic mass is 10.2. The Morgan fingerprint density at radius 2 is 1.93 bits per heavy atom. The van der Waals surface area contributed by atoms with Crippen molar-refractivity contribution in [3.05, 3.63) is 20.8 Å². The van der Waals surface area contributed by atoms with Crippen molar-refractivity contribution in [3.8, 4) is 0 Å². The number of thioether (sulfide) groups is 1. The number of nitrogens with zero attached hydrogens (tertiary/aromatic N) is 4. The fraction of sp³-hybridized carbons (Fsp3) is 0.579. The molecule has 152 valence electrons. The van der Waals surface area contributed by atoms with Crippen LogP contribution in [0, 0.1) is 0 Å². The van der Waals surface area contributed by atoms with Crippen molar-refractivity contribution in [2.45, 2.75) is 38.3 Å². The predicted molar refractivity (Wildman–Crippen MR) is 113 cm³/mol. The number of likely N-dealkylation sites (N-methyl/N-ethyl adjacent to an activating group) is 2. The lowest BCUT2D eigenvalue weighted by molar-refractivity contribution is -0.137. The van der Waals surface area contributed by atoms with Crippen molar-refractivity contribution in [2.75, 3.05) is 32.4 Å². The molecule has 28 heavy (non-hydrogen) atoms. The van der Waals surface area contributed by atoms with Gasteiger partial charge in [-0.15, -0.1) is 11.3 Å². The van der Waals surface area contributed by atoms with Crippen LogP contribution in [0.3, 0.4) is 0 Å². The van der Waals surface area contributed by atoms with E-state index in [4.69, 9.17) is 0 Å². The predicted octanol–water partition coefficient (Wildman–Crippen LogP) is 1.90. The van der Waals surface area contributed by atoms with Crippen molar-refractivity contribution < 1.29 is 9.59 Å². The highest BCUT2D eigenvalue weighted by Crippen LogP contribution is 2.35. The Hall–Kier alpha value is -1.87. The smallest absolute Gasteiger partial charge is 0.262 e. The van der Waals surface area contributed by atoms with Gasteiger partial charge in [-0.05, 0) is 38.7 Å². The zero-order valence-electron chi connectivity index (χ0n) is 16.8. The number of carbonyl (C=O) groups excluding carboxylic acids is 2. The van der Waals surface area contributed by atoms with Crippen molar-refractivity contribution in [2.24, 2.45) is 7.05 Å². The quantitative estimate of drug-likeness (QED) is 0.503. The number of thiophene rings is 1. The van der Waals surface area contributed by atoms with E-state index in [1.54, 1.807) is 30.3 Å². The average molecular weight is 423 g/mol. The highest BCUT2D eigenvalue weighted by molar-refractivity contribution is 7.99. The van der Waals surface area contributed by atoms with Crippen LogP contribution in [0.25, 0.3) is 10.2 Å². The van der Waals surface area contributed by atoms with Gasteiger partial charge in [-0.2, -0.15) is 0 Å². The second-order valence-electron chi connectivity index (χ2n) is 6.90. The van der Waals surface area contributed by atoms with Gasteiger partial charge in [0.25, 0.3) is 5.56 Å². The molecule has 0 unspecified atom stereocenters. The van der Waals surface area contributed by atoms with Crippen LogP contribution in [-0.4, -0.2) is 63.6 Å². The largest absolute Gasteiger partial charge is 0.342 e. The van der Waals surface area contributed by atoms with Crippen LogP contribution in [0.1, 0.15) is 30.7 Å². The number of fused-ring (bicyclic) bond motifs is 3. The van der Waals surface area contributed by atoms with Gasteiger partial charge in [0.1, 0.15) is 4.83 Å². The maximum Gasteiger partial charge on any atom is 0.262 e. The summed E-state index contributed by atoms with van der Waals surface area (Å²) in [6.45, 7) is 5.15. The lowest BCUT2D eigenvalue weighted by Gasteiger charge is -2.23. The fourth-order valence-corrected chi connectivity index (χ4v) is 5.65. The first-order valence-electron chi connectivity index (χ1n) is 9.53. The van der Waals surface area contributed by atoms with E-state index in [2.05, 4.69) is 4.98 Å². The molecule has 1 aliphatic rings. The lowest BCUT2D eigenvalue weighted by Crippen LogP contribution is -2.41. The standard InChI is InChI=1S/C19H26N4O3S2/c1-5-23(6-2)14(24)10-21(3)15(25)11-27-19-20-17-16(18(26)22(19)4)12-8-7-9-13(12)28-17/h5-11H2,1-4H3. The summed E-state index contributed by atoms with van der Waals surface area (Å²) >= 11 is 2.84. The summed E-state index contributed by atoms with van der Waals surface area (Å²) in [5.41, 5.74) is 1.12. The summed E-state index contributed by atoms with van der Waals surface area (Å²) in [7, 11) is 3.33. The average Bonchev–Trinajstić information content (AvgIpc) is 3.24. The molecule has 0 fully saturated rings. The Morgan fingerprint density at radius 3 is 2.61 bits per heavy atom. The zero-order valence-corrected chi connectivity index (χ0v) is 18.4. The minimum Gasteiger partial charge on any atom is -0.342 e. The Bertz CT molecular complexity index is 962. The molecule has 2 aromatic heterocycles. The van der Waals surface area contributed by atoms with Crippen LogP contribution in [0.4, 0.5) is 0 Å². The summed E-state index contributed by atoms with van der Waals surface area (Å²) < 4.78 is 1.53. The number of carbonyl (C=O) groups is 2. The van der Waals surface area contributed by atoms with Gasteiger partial charge in [-0.25, -0.2) is 4.98 Å². The molecule has 2 aromatic rings. The van der Waals surface area contributed by atoms with Crippen molar-refractivity contribution in [1.29, 1.82) is 0 Å². The minimum absolute atomic E-state index is 0.0376. The molecule has 1 aliphatic carbocycles. The molecule has 7 nitrogen and oxygen atoms in total. The maximum absolute atomic E-state index is 12.8. The minimum atomic E-state index is -0.159. The SMILES string of the molecule is CCN(CC)C(=O)CN(C)C(=O)CSc1nc2sc3c(c2c(=O)n1C)CCC3. The molecule has 2 amide bonds. The van der Waals surface area contributed by atoms with Gasteiger partial charge < -0.3 is 9.80 Å². The van der Waals surface area contributed by atoms with Gasteiger partial charge in [-0.3, -0.25) is 19.0 Å². The first-order chi connectivity index (χ1) is 13.4. The van der Waals surface area contributed by atoms with E-state index in [0.717, 1.165) is 35.0 Å². The molecule has 2 heterocycles. The molecule has 0 atom stereocenters. The van der Waals surface area contributed by atoms with Crippen molar-refractivity contribution in [1.82, 2.24) is 19.4 Å². The number of aryl methyl sites for hydroxylation is 2. The van der Waals surface area contributed by atoms with Gasteiger partial charge in [0.15, 0.2) is 5.16 Å². The summed E-state index contributed by atoms with van der Waals surface area (Å²) in [4.78, 5) is 47.3. The maximum atomic E-state index is 12.8. The first kappa shape index (κ1) is 20.9. The summed E-state index contributed by atoms with van der Waals surface area (Å²) in [6, 6.07) is 0. The number of hydrogen-bond acceptors (Lipinski definition) is 6. The van der Waals surface area contributed by atoms with Gasteiger partial charge in [0.2, 0.25) is 11.8 Å². The third kappa shape index (κ3) is 3.96. The summed E-state index contributed by atoms with van der Waals surface area (Å²) in [5.74, 6) is -0.0850. The molecule has 0 radical (unpaired) electrons. The van der Waals surface area contributed by atoms with Crippen LogP contribution in [0.15, 0.2) is 9.95 Å². The summed E-state index contributed by atoms with van der Waals surface area (Å²) in [6.07, 6.45) is 3.07. The Labute approximate surface area is 172 Å². The molecule has 0 aromatic carbocycles. The molecular formula is C19H26N4O3S2. The second-order valence-corrected chi connectivity index (χ2v) is 8.93. The Balaban J connectivity index is 1.70. The summed E-state index contributed by atoms with van der Waals surface area (Å²) in [5, 5.41) is 1.28. The van der Waals surface area contributed by atoms with Crippen LogP contribution >= 0.6 is 23.1 Å². The highest BCUT2D eigenvalue weighted by Gasteiger charge is 2.23. The van der Waals surface area contributed by atoms with Crippen molar-refractivity contribution >= 4 is 45.1 Å². The molecule has 0 bridgehead atoms. The molecule has 0 N–H and O–H groups in total. The van der Waals surface area contributed by atoms with E-state index < -0.39 is 0 Å². The molecule has 0 saturated carbocycles. The Kier molecular flexibility index (Phi) is 6.44.